The lowest BCUT2D eigenvalue weighted by Crippen LogP contribution is -2.36. The van der Waals surface area contributed by atoms with Gasteiger partial charge in [-0.05, 0) is 37.6 Å². The molecule has 0 saturated carbocycles. The fourth-order valence-electron chi connectivity index (χ4n) is 2.57. The highest BCUT2D eigenvalue weighted by Crippen LogP contribution is 2.11. The van der Waals surface area contributed by atoms with Gasteiger partial charge >= 0.3 is 0 Å². The minimum atomic E-state index is -0.671. The molecule has 0 radical (unpaired) electrons. The summed E-state index contributed by atoms with van der Waals surface area (Å²) in [6, 6.07) is 16.2. The van der Waals surface area contributed by atoms with Crippen LogP contribution in [0.25, 0.3) is 17.0 Å². The Labute approximate surface area is 150 Å². The first-order valence-electron chi connectivity index (χ1n) is 7.98. The van der Waals surface area contributed by atoms with Crippen LogP contribution >= 0.6 is 0 Å². The Morgan fingerprint density at radius 3 is 2.62 bits per heavy atom. The Hall–Kier alpha value is -3.72. The Balaban J connectivity index is 2.00. The first kappa shape index (κ1) is 17.1. The molecule has 0 aliphatic rings. The zero-order chi connectivity index (χ0) is 18.7. The normalized spacial score (nSPS) is 11.2. The van der Waals surface area contributed by atoms with Crippen molar-refractivity contribution in [2.45, 2.75) is 13.8 Å². The van der Waals surface area contributed by atoms with Gasteiger partial charge in [0.2, 0.25) is 0 Å². The van der Waals surface area contributed by atoms with Gasteiger partial charge in [-0.2, -0.15) is 5.26 Å². The average Bonchev–Trinajstić information content (AvgIpc) is 2.64. The highest BCUT2D eigenvalue weighted by atomic mass is 16.2. The molecule has 1 aromatic heterocycles. The Kier molecular flexibility index (Phi) is 4.63. The molecule has 0 spiro atoms. The smallest absolute Gasteiger partial charge is 0.267 e. The predicted octanol–water partition coefficient (Wildman–Crippen LogP) is 2.69. The van der Waals surface area contributed by atoms with E-state index in [1.54, 1.807) is 31.2 Å². The van der Waals surface area contributed by atoms with Gasteiger partial charge < -0.3 is 0 Å². The Morgan fingerprint density at radius 2 is 1.92 bits per heavy atom. The summed E-state index contributed by atoms with van der Waals surface area (Å²) in [6.45, 7) is 3.49. The number of nitriles is 1. The number of nitrogens with zero attached hydrogens (tertiary/aromatic N) is 3. The molecule has 0 unspecified atom stereocenters. The third kappa shape index (κ3) is 3.37. The highest BCUT2D eigenvalue weighted by molar-refractivity contribution is 6.06. The maximum absolute atomic E-state index is 12.7. The van der Waals surface area contributed by atoms with E-state index in [4.69, 9.17) is 0 Å². The lowest BCUT2D eigenvalue weighted by molar-refractivity contribution is -0.113. The first-order chi connectivity index (χ1) is 12.5. The molecule has 128 valence electrons. The lowest BCUT2D eigenvalue weighted by atomic mass is 10.1. The highest BCUT2D eigenvalue weighted by Gasteiger charge is 2.14. The molecule has 2 aromatic carbocycles. The molecule has 0 aliphatic heterocycles. The molecule has 0 aliphatic carbocycles. The summed E-state index contributed by atoms with van der Waals surface area (Å²) in [5, 5.41) is 9.70. The number of aromatic nitrogens is 2. The molecule has 3 aromatic rings. The monoisotopic (exact) mass is 344 g/mol. The van der Waals surface area contributed by atoms with Crippen molar-refractivity contribution in [3.8, 4) is 6.07 Å². The fraction of sp³-hybridized carbons (Fsp3) is 0.100. The number of fused-ring (bicyclic) bond motifs is 1. The van der Waals surface area contributed by atoms with Gasteiger partial charge in [-0.3, -0.25) is 15.0 Å². The van der Waals surface area contributed by atoms with Crippen LogP contribution in [0.2, 0.25) is 0 Å². The third-order valence-electron chi connectivity index (χ3n) is 3.88. The van der Waals surface area contributed by atoms with Crippen LogP contribution in [0.15, 0.2) is 58.9 Å². The van der Waals surface area contributed by atoms with Crippen molar-refractivity contribution in [3.63, 3.8) is 0 Å². The van der Waals surface area contributed by atoms with E-state index in [-0.39, 0.29) is 11.1 Å². The zero-order valence-corrected chi connectivity index (χ0v) is 14.4. The molecule has 0 saturated heterocycles. The van der Waals surface area contributed by atoms with E-state index >= 15 is 0 Å². The van der Waals surface area contributed by atoms with Crippen molar-refractivity contribution >= 4 is 22.9 Å². The average molecular weight is 344 g/mol. The van der Waals surface area contributed by atoms with E-state index in [0.29, 0.717) is 16.7 Å². The molecule has 6 nitrogen and oxygen atoms in total. The number of hydrogen-bond acceptors (Lipinski definition) is 4. The second-order valence-corrected chi connectivity index (χ2v) is 5.84. The van der Waals surface area contributed by atoms with Gasteiger partial charge in [-0.15, -0.1) is 0 Å². The summed E-state index contributed by atoms with van der Waals surface area (Å²) in [5.74, 6) is -0.341. The van der Waals surface area contributed by atoms with E-state index in [1.165, 1.54) is 6.08 Å². The SMILES string of the molecule is Cc1ccc2nc(C)n(NC(=O)/C(C#N)=C/c3ccccc3)c(=O)c2c1. The minimum absolute atomic E-state index is 0.105. The first-order valence-corrected chi connectivity index (χ1v) is 7.98. The number of nitrogens with one attached hydrogen (secondary N) is 1. The second kappa shape index (κ2) is 7.03. The zero-order valence-electron chi connectivity index (χ0n) is 14.4. The van der Waals surface area contributed by atoms with Crippen molar-refractivity contribution < 1.29 is 4.79 Å². The van der Waals surface area contributed by atoms with E-state index in [9.17, 15) is 14.9 Å². The molecule has 6 heteroatoms. The molecule has 1 amide bonds. The summed E-state index contributed by atoms with van der Waals surface area (Å²) >= 11 is 0. The van der Waals surface area contributed by atoms with Crippen LogP contribution in [0.5, 0.6) is 0 Å². The number of aryl methyl sites for hydroxylation is 2. The van der Waals surface area contributed by atoms with Gasteiger partial charge in [-0.1, -0.05) is 42.0 Å². The molecule has 0 fully saturated rings. The topological polar surface area (TPSA) is 87.8 Å². The van der Waals surface area contributed by atoms with Crippen molar-refractivity contribution in [1.82, 2.24) is 9.66 Å². The number of carbonyl (C=O) groups is 1. The quantitative estimate of drug-likeness (QED) is 0.584. The predicted molar refractivity (Wildman–Crippen MR) is 99.9 cm³/mol. The summed E-state index contributed by atoms with van der Waals surface area (Å²) in [5.41, 5.74) is 4.17. The van der Waals surface area contributed by atoms with Crippen LogP contribution in [-0.2, 0) is 4.79 Å². The van der Waals surface area contributed by atoms with Crippen LogP contribution in [0.4, 0.5) is 0 Å². The Morgan fingerprint density at radius 1 is 1.19 bits per heavy atom. The number of benzene rings is 2. The van der Waals surface area contributed by atoms with Gasteiger partial charge in [0.1, 0.15) is 17.5 Å². The van der Waals surface area contributed by atoms with Gasteiger partial charge in [0, 0.05) is 0 Å². The van der Waals surface area contributed by atoms with E-state index in [2.05, 4.69) is 10.4 Å². The maximum Gasteiger partial charge on any atom is 0.280 e. The number of carbonyl (C=O) groups excluding carboxylic acids is 1. The van der Waals surface area contributed by atoms with Crippen LogP contribution in [0.3, 0.4) is 0 Å². The summed E-state index contributed by atoms with van der Waals surface area (Å²) in [4.78, 5) is 29.5. The fourth-order valence-corrected chi connectivity index (χ4v) is 2.57. The number of rotatable bonds is 3. The maximum atomic E-state index is 12.7. The second-order valence-electron chi connectivity index (χ2n) is 5.84. The van der Waals surface area contributed by atoms with Gasteiger partial charge in [-0.25, -0.2) is 9.66 Å². The van der Waals surface area contributed by atoms with Crippen molar-refractivity contribution in [2.24, 2.45) is 0 Å². The molecular weight excluding hydrogens is 328 g/mol. The van der Waals surface area contributed by atoms with Crippen LogP contribution < -0.4 is 11.0 Å². The van der Waals surface area contributed by atoms with E-state index < -0.39 is 5.91 Å². The molecule has 1 heterocycles. The molecule has 0 bridgehead atoms. The largest absolute Gasteiger partial charge is 0.280 e. The Bertz CT molecular complexity index is 1120. The number of hydrogen-bond donors (Lipinski definition) is 1. The molecule has 1 N–H and O–H groups in total. The lowest BCUT2D eigenvalue weighted by Gasteiger charge is -2.12. The third-order valence-corrected chi connectivity index (χ3v) is 3.88. The van der Waals surface area contributed by atoms with E-state index in [0.717, 1.165) is 15.8 Å². The molecule has 0 atom stereocenters. The van der Waals surface area contributed by atoms with Crippen molar-refractivity contribution in [3.05, 3.63) is 81.4 Å². The van der Waals surface area contributed by atoms with Crippen LogP contribution in [-0.4, -0.2) is 15.6 Å². The molecule has 3 rings (SSSR count). The minimum Gasteiger partial charge on any atom is -0.267 e. The summed E-state index contributed by atoms with van der Waals surface area (Å²) in [7, 11) is 0. The van der Waals surface area contributed by atoms with Crippen molar-refractivity contribution in [2.75, 3.05) is 5.43 Å². The number of amides is 1. The summed E-state index contributed by atoms with van der Waals surface area (Å²) < 4.78 is 1.07. The van der Waals surface area contributed by atoms with Crippen LogP contribution in [0.1, 0.15) is 17.0 Å². The standard InChI is InChI=1S/C20H16N4O2/c1-13-8-9-18-17(10-13)20(26)24(14(2)22-18)23-19(25)16(12-21)11-15-6-4-3-5-7-15/h3-11H,1-2H3,(H,23,25)/b16-11+. The van der Waals surface area contributed by atoms with Crippen molar-refractivity contribution in [1.29, 1.82) is 5.26 Å². The van der Waals surface area contributed by atoms with Crippen LogP contribution in [0, 0.1) is 25.2 Å². The van der Waals surface area contributed by atoms with Gasteiger partial charge in [0.25, 0.3) is 11.5 Å². The summed E-state index contributed by atoms with van der Waals surface area (Å²) in [6.07, 6.45) is 1.47. The molecule has 26 heavy (non-hydrogen) atoms. The molecular formula is C20H16N4O2. The van der Waals surface area contributed by atoms with Gasteiger partial charge in [0.15, 0.2) is 0 Å². The van der Waals surface area contributed by atoms with E-state index in [1.807, 2.05) is 37.3 Å². The van der Waals surface area contributed by atoms with Gasteiger partial charge in [0.05, 0.1) is 10.9 Å².